The van der Waals surface area contributed by atoms with Gasteiger partial charge in [-0.05, 0) is 61.5 Å². The lowest BCUT2D eigenvalue weighted by Crippen LogP contribution is -2.13. The topological polar surface area (TPSA) is 132 Å². The number of hydrogen-bond acceptors (Lipinski definition) is 8. The lowest BCUT2D eigenvalue weighted by atomic mass is 10.1. The van der Waals surface area contributed by atoms with E-state index in [-0.39, 0.29) is 23.1 Å². The number of ether oxygens (including phenoxy) is 2. The minimum atomic E-state index is -4.07. The number of hydrogen-bond donors (Lipinski definition) is 2. The number of nitrogens with zero attached hydrogens (tertiary/aromatic N) is 2. The summed E-state index contributed by atoms with van der Waals surface area (Å²) >= 11 is 5.81. The molecule has 0 aliphatic carbocycles. The van der Waals surface area contributed by atoms with E-state index in [2.05, 4.69) is 15.2 Å². The van der Waals surface area contributed by atoms with Crippen LogP contribution in [0.2, 0.25) is 5.02 Å². The Hall–Kier alpha value is -3.83. The van der Waals surface area contributed by atoms with Crippen LogP contribution in [0.4, 0.5) is 17.1 Å². The molecule has 10 nitrogen and oxygen atoms in total. The Morgan fingerprint density at radius 2 is 1.79 bits per heavy atom. The maximum Gasteiger partial charge on any atom is 0.295 e. The summed E-state index contributed by atoms with van der Waals surface area (Å²) in [7, 11) is -4.07. The van der Waals surface area contributed by atoms with E-state index in [9.17, 15) is 18.5 Å². The number of nitro groups is 1. The van der Waals surface area contributed by atoms with Crippen LogP contribution in [0.5, 0.6) is 11.5 Å². The fourth-order valence-electron chi connectivity index (χ4n) is 2.99. The predicted molar refractivity (Wildman–Crippen MR) is 124 cm³/mol. The van der Waals surface area contributed by atoms with E-state index in [0.717, 1.165) is 11.6 Å². The smallest absolute Gasteiger partial charge is 0.295 e. The van der Waals surface area contributed by atoms with Crippen molar-refractivity contribution in [1.29, 1.82) is 0 Å². The Kier molecular flexibility index (Phi) is 6.07. The summed E-state index contributed by atoms with van der Waals surface area (Å²) < 4.78 is 38.3. The van der Waals surface area contributed by atoms with E-state index in [4.69, 9.17) is 21.1 Å². The molecule has 3 aromatic carbocycles. The number of anilines is 2. The van der Waals surface area contributed by atoms with Crippen molar-refractivity contribution in [2.45, 2.75) is 11.8 Å². The zero-order chi connectivity index (χ0) is 23.6. The summed E-state index contributed by atoms with van der Waals surface area (Å²) in [6, 6.07) is 14.8. The van der Waals surface area contributed by atoms with Gasteiger partial charge in [0.2, 0.25) is 6.79 Å². The van der Waals surface area contributed by atoms with Crippen molar-refractivity contribution in [3.63, 3.8) is 0 Å². The minimum absolute atomic E-state index is 0.0329. The van der Waals surface area contributed by atoms with Gasteiger partial charge in [-0.2, -0.15) is 5.10 Å². The highest BCUT2D eigenvalue weighted by molar-refractivity contribution is 7.92. The number of hydrazone groups is 1. The van der Waals surface area contributed by atoms with Crippen LogP contribution in [0, 0.1) is 10.1 Å². The van der Waals surface area contributed by atoms with Gasteiger partial charge in [0.05, 0.1) is 15.5 Å². The Labute approximate surface area is 194 Å². The van der Waals surface area contributed by atoms with Gasteiger partial charge in [-0.15, -0.1) is 0 Å². The number of nitrogens with one attached hydrogen (secondary N) is 2. The summed E-state index contributed by atoms with van der Waals surface area (Å²) in [6.07, 6.45) is 0. The van der Waals surface area contributed by atoms with E-state index in [0.29, 0.717) is 22.2 Å². The van der Waals surface area contributed by atoms with Gasteiger partial charge in [0.1, 0.15) is 5.69 Å². The first-order valence-electron chi connectivity index (χ1n) is 9.50. The second-order valence-electron chi connectivity index (χ2n) is 6.93. The van der Waals surface area contributed by atoms with Gasteiger partial charge in [-0.25, -0.2) is 8.42 Å². The SMILES string of the molecule is C/C(=N\Nc1ccc(S(=O)(=O)Nc2ccc(Cl)cc2)cc1[N+](=O)[O-])c1ccc2c(c1)OCO2. The van der Waals surface area contributed by atoms with Crippen molar-refractivity contribution in [3.05, 3.63) is 81.4 Å². The Morgan fingerprint density at radius 1 is 1.06 bits per heavy atom. The molecule has 0 saturated carbocycles. The third kappa shape index (κ3) is 4.99. The van der Waals surface area contributed by atoms with Gasteiger partial charge in [0, 0.05) is 22.3 Å². The van der Waals surface area contributed by atoms with E-state index in [1.807, 2.05) is 0 Å². The van der Waals surface area contributed by atoms with Gasteiger partial charge in [-0.3, -0.25) is 20.3 Å². The van der Waals surface area contributed by atoms with Crippen LogP contribution in [0.1, 0.15) is 12.5 Å². The third-order valence-electron chi connectivity index (χ3n) is 4.71. The molecular formula is C21H17ClN4O6S. The largest absolute Gasteiger partial charge is 0.454 e. The lowest BCUT2D eigenvalue weighted by Gasteiger charge is -2.10. The van der Waals surface area contributed by atoms with Crippen LogP contribution in [-0.2, 0) is 10.0 Å². The quantitative estimate of drug-likeness (QED) is 0.282. The Bertz CT molecular complexity index is 1360. The number of halogens is 1. The Morgan fingerprint density at radius 3 is 2.52 bits per heavy atom. The first kappa shape index (κ1) is 22.4. The maximum atomic E-state index is 12.7. The molecule has 1 aliphatic heterocycles. The first-order valence-corrected chi connectivity index (χ1v) is 11.4. The van der Waals surface area contributed by atoms with Crippen molar-refractivity contribution in [3.8, 4) is 11.5 Å². The summed E-state index contributed by atoms with van der Waals surface area (Å²) in [4.78, 5) is 10.6. The normalized spacial score (nSPS) is 13.0. The zero-order valence-electron chi connectivity index (χ0n) is 17.1. The minimum Gasteiger partial charge on any atom is -0.454 e. The van der Waals surface area contributed by atoms with Crippen LogP contribution in [0.25, 0.3) is 0 Å². The van der Waals surface area contributed by atoms with Gasteiger partial charge in [-0.1, -0.05) is 11.6 Å². The second kappa shape index (κ2) is 8.96. The molecule has 33 heavy (non-hydrogen) atoms. The van der Waals surface area contributed by atoms with E-state index in [1.165, 1.54) is 36.4 Å². The number of sulfonamides is 1. The number of fused-ring (bicyclic) bond motifs is 1. The molecule has 3 aromatic rings. The van der Waals surface area contributed by atoms with Crippen LogP contribution in [0.3, 0.4) is 0 Å². The molecule has 0 radical (unpaired) electrons. The number of rotatable bonds is 7. The maximum absolute atomic E-state index is 12.7. The molecule has 2 N–H and O–H groups in total. The highest BCUT2D eigenvalue weighted by Crippen LogP contribution is 2.33. The molecule has 0 atom stereocenters. The van der Waals surface area contributed by atoms with Crippen molar-refractivity contribution in [1.82, 2.24) is 0 Å². The van der Waals surface area contributed by atoms with E-state index >= 15 is 0 Å². The highest BCUT2D eigenvalue weighted by Gasteiger charge is 2.22. The van der Waals surface area contributed by atoms with E-state index in [1.54, 1.807) is 25.1 Å². The average molecular weight is 489 g/mol. The summed E-state index contributed by atoms with van der Waals surface area (Å²) in [5, 5.41) is 16.2. The van der Waals surface area contributed by atoms with Crippen molar-refractivity contribution < 1.29 is 22.8 Å². The molecule has 0 unspecified atom stereocenters. The molecule has 1 aliphatic rings. The van der Waals surface area contributed by atoms with Crippen LogP contribution in [0.15, 0.2) is 70.7 Å². The van der Waals surface area contributed by atoms with Gasteiger partial charge < -0.3 is 9.47 Å². The van der Waals surface area contributed by atoms with Crippen LogP contribution >= 0.6 is 11.6 Å². The molecule has 0 spiro atoms. The van der Waals surface area contributed by atoms with Crippen LogP contribution in [-0.4, -0.2) is 25.8 Å². The molecule has 0 aromatic heterocycles. The highest BCUT2D eigenvalue weighted by atomic mass is 35.5. The third-order valence-corrected chi connectivity index (χ3v) is 6.34. The molecule has 1 heterocycles. The fourth-order valence-corrected chi connectivity index (χ4v) is 4.19. The molecule has 0 fully saturated rings. The fraction of sp³-hybridized carbons (Fsp3) is 0.0952. The summed E-state index contributed by atoms with van der Waals surface area (Å²) in [5.41, 5.74) is 3.75. The number of nitro benzene ring substituents is 1. The van der Waals surface area contributed by atoms with Gasteiger partial charge in [0.15, 0.2) is 11.5 Å². The second-order valence-corrected chi connectivity index (χ2v) is 9.04. The number of benzene rings is 3. The Balaban J connectivity index is 1.57. The molecule has 0 saturated heterocycles. The van der Waals surface area contributed by atoms with E-state index < -0.39 is 20.6 Å². The molecule has 4 rings (SSSR count). The monoisotopic (exact) mass is 488 g/mol. The van der Waals surface area contributed by atoms with Crippen molar-refractivity contribution >= 4 is 44.4 Å². The zero-order valence-corrected chi connectivity index (χ0v) is 18.7. The van der Waals surface area contributed by atoms with Gasteiger partial charge >= 0.3 is 0 Å². The summed E-state index contributed by atoms with van der Waals surface area (Å²) in [6.45, 7) is 1.85. The molecule has 170 valence electrons. The predicted octanol–water partition coefficient (Wildman–Crippen LogP) is 4.61. The van der Waals surface area contributed by atoms with Crippen molar-refractivity contribution in [2.75, 3.05) is 16.9 Å². The lowest BCUT2D eigenvalue weighted by molar-refractivity contribution is -0.384. The average Bonchev–Trinajstić information content (AvgIpc) is 3.26. The van der Waals surface area contributed by atoms with Crippen LogP contribution < -0.4 is 19.6 Å². The molecular weight excluding hydrogens is 472 g/mol. The molecule has 0 bridgehead atoms. The standard InChI is InChI=1S/C21H17ClN4O6S/c1-13(14-2-9-20-21(10-14)32-12-31-20)23-24-18-8-7-17(11-19(18)26(27)28)33(29,30)25-16-5-3-15(22)4-6-16/h2-11,24-25H,12H2,1H3/b23-13+. The summed E-state index contributed by atoms with van der Waals surface area (Å²) in [5.74, 6) is 1.20. The van der Waals surface area contributed by atoms with Crippen molar-refractivity contribution in [2.24, 2.45) is 5.10 Å². The molecule has 0 amide bonds. The van der Waals surface area contributed by atoms with Gasteiger partial charge in [0.25, 0.3) is 15.7 Å². The molecule has 12 heteroatoms. The first-order chi connectivity index (χ1) is 15.7.